The first-order valence-electron chi connectivity index (χ1n) is 15.6. The molecule has 1 aromatic heterocycles. The lowest BCUT2D eigenvalue weighted by Gasteiger charge is -2.63. The molecule has 2 aliphatic heterocycles. The van der Waals surface area contributed by atoms with Crippen molar-refractivity contribution < 1.29 is 14.9 Å². The molecule has 0 radical (unpaired) electrons. The highest BCUT2D eigenvalue weighted by atomic mass is 16.5. The molecule has 4 aliphatic carbocycles. The zero-order valence-electron chi connectivity index (χ0n) is 23.7. The summed E-state index contributed by atoms with van der Waals surface area (Å²) < 4.78 is 9.30. The fourth-order valence-electron chi connectivity index (χ4n) is 10.4. The molecule has 0 amide bonds. The van der Waals surface area contributed by atoms with Crippen LogP contribution in [-0.2, 0) is 25.3 Å². The fourth-order valence-corrected chi connectivity index (χ4v) is 10.4. The number of fused-ring (bicyclic) bond motifs is 8. The van der Waals surface area contributed by atoms with Gasteiger partial charge in [-0.25, -0.2) is 0 Å². The van der Waals surface area contributed by atoms with Crippen LogP contribution in [0.1, 0.15) is 47.8 Å². The second-order valence-corrected chi connectivity index (χ2v) is 13.9. The van der Waals surface area contributed by atoms with Gasteiger partial charge in [0.1, 0.15) is 0 Å². The van der Waals surface area contributed by atoms with Crippen LogP contribution in [0.2, 0.25) is 0 Å². The van der Waals surface area contributed by atoms with Crippen LogP contribution < -0.4 is 4.74 Å². The van der Waals surface area contributed by atoms with Gasteiger partial charge in [-0.15, -0.1) is 0 Å². The van der Waals surface area contributed by atoms with Crippen molar-refractivity contribution in [2.45, 2.75) is 55.3 Å². The summed E-state index contributed by atoms with van der Waals surface area (Å²) in [7, 11) is 2.19. The van der Waals surface area contributed by atoms with E-state index < -0.39 is 11.0 Å². The summed E-state index contributed by atoms with van der Waals surface area (Å²) in [6.07, 6.45) is 4.51. The number of nitrogens with zero attached hydrogens (tertiary/aromatic N) is 2. The number of phenols is 1. The van der Waals surface area contributed by atoms with Gasteiger partial charge in [-0.3, -0.25) is 4.90 Å². The largest absolute Gasteiger partial charge is 0.504 e. The van der Waals surface area contributed by atoms with E-state index in [0.717, 1.165) is 37.4 Å². The molecule has 42 heavy (non-hydrogen) atoms. The van der Waals surface area contributed by atoms with Gasteiger partial charge in [0.05, 0.1) is 22.2 Å². The molecule has 2 N–H and O–H groups in total. The van der Waals surface area contributed by atoms with Crippen molar-refractivity contribution in [3.05, 3.63) is 83.0 Å². The van der Waals surface area contributed by atoms with Gasteiger partial charge in [0.25, 0.3) is 0 Å². The van der Waals surface area contributed by atoms with Crippen LogP contribution in [0.5, 0.6) is 11.5 Å². The lowest BCUT2D eigenvalue weighted by atomic mass is 9.49. The van der Waals surface area contributed by atoms with Gasteiger partial charge >= 0.3 is 0 Å². The first-order valence-corrected chi connectivity index (χ1v) is 15.6. The average Bonchev–Trinajstić information content (AvgIpc) is 3.58. The van der Waals surface area contributed by atoms with E-state index in [-0.39, 0.29) is 17.9 Å². The summed E-state index contributed by atoms with van der Waals surface area (Å²) >= 11 is 0. The number of rotatable bonds is 2. The Morgan fingerprint density at radius 2 is 1.76 bits per heavy atom. The molecule has 1 spiro atoms. The highest BCUT2D eigenvalue weighted by molar-refractivity contribution is 6.23. The second kappa shape index (κ2) is 7.04. The first kappa shape index (κ1) is 22.8. The molecule has 2 bridgehead atoms. The van der Waals surface area contributed by atoms with Crippen molar-refractivity contribution in [1.82, 2.24) is 9.47 Å². The van der Waals surface area contributed by atoms with Crippen molar-refractivity contribution >= 4 is 21.7 Å². The molecule has 5 aromatic rings. The quantitative estimate of drug-likeness (QED) is 0.262. The molecule has 5 nitrogen and oxygen atoms in total. The van der Waals surface area contributed by atoms with E-state index in [1.54, 1.807) is 6.07 Å². The number of likely N-dealkylation sites (tertiary alicyclic amines) is 1. The standard InChI is InChI=1S/C37H32N2O3/c1-38-32-24-8-4-7-23-21-5-2-3-6-22(21)25(30(23)24)16-26(32)27-17-37(41)29-15-20-11-12-28(40)34-31(20)36(37,35(42-34)33(27)38)13-14-39(29)18-19-9-10-19/h2-8,11-12,16,19,29,35,40-41H,9-10,13-15,17-18H2,1H3/t29-,35+,36+,37-/m1/s1. The number of hydrogen-bond donors (Lipinski definition) is 2. The lowest BCUT2D eigenvalue weighted by Crippen LogP contribution is -2.74. The van der Waals surface area contributed by atoms with Crippen molar-refractivity contribution in [3.8, 4) is 33.8 Å². The summed E-state index contributed by atoms with van der Waals surface area (Å²) in [5.41, 5.74) is 9.57. The maximum atomic E-state index is 13.3. The lowest BCUT2D eigenvalue weighted by molar-refractivity contribution is -0.173. The monoisotopic (exact) mass is 552 g/mol. The number of aromatic nitrogens is 1. The fraction of sp³-hybridized carbons (Fsp3) is 0.351. The van der Waals surface area contributed by atoms with Gasteiger partial charge in [0.2, 0.25) is 0 Å². The predicted molar refractivity (Wildman–Crippen MR) is 163 cm³/mol. The third-order valence-electron chi connectivity index (χ3n) is 12.2. The minimum absolute atomic E-state index is 0.0345. The normalized spacial score (nSPS) is 29.5. The molecule has 2 fully saturated rings. The van der Waals surface area contributed by atoms with Gasteiger partial charge in [-0.05, 0) is 89.0 Å². The van der Waals surface area contributed by atoms with Gasteiger partial charge in [0.15, 0.2) is 17.6 Å². The number of ether oxygens (including phenoxy) is 1. The molecule has 3 heterocycles. The summed E-state index contributed by atoms with van der Waals surface area (Å²) in [4.78, 5) is 2.61. The topological polar surface area (TPSA) is 57.9 Å². The van der Waals surface area contributed by atoms with E-state index in [1.165, 1.54) is 73.6 Å². The van der Waals surface area contributed by atoms with Crippen LogP contribution in [0.25, 0.3) is 43.9 Å². The number of benzene rings is 4. The Morgan fingerprint density at radius 1 is 0.952 bits per heavy atom. The van der Waals surface area contributed by atoms with Gasteiger partial charge in [-0.2, -0.15) is 0 Å². The number of phenolic OH excluding ortho intramolecular Hbond substituents is 1. The SMILES string of the molecule is Cn1c2c(c3cc4c5c(cccc5c31)-c1ccccc1-4)C[C@@]1(O)[C@H]3Cc4ccc(O)c5c4[C@@]1(CCN3CC1CC1)[C@H]2O5. The van der Waals surface area contributed by atoms with E-state index in [1.807, 2.05) is 0 Å². The van der Waals surface area contributed by atoms with Crippen LogP contribution in [0, 0.1) is 5.92 Å². The van der Waals surface area contributed by atoms with Crippen molar-refractivity contribution in [1.29, 1.82) is 0 Å². The van der Waals surface area contributed by atoms with Crippen LogP contribution in [0.15, 0.2) is 60.7 Å². The molecule has 6 aliphatic rings. The Morgan fingerprint density at radius 3 is 2.60 bits per heavy atom. The zero-order valence-corrected chi connectivity index (χ0v) is 23.7. The molecule has 4 aromatic carbocycles. The van der Waals surface area contributed by atoms with E-state index in [9.17, 15) is 10.2 Å². The molecule has 11 rings (SSSR count). The Hall–Kier alpha value is -3.80. The summed E-state index contributed by atoms with van der Waals surface area (Å²) in [5, 5.41) is 28.2. The summed E-state index contributed by atoms with van der Waals surface area (Å²) in [5.74, 6) is 1.56. The molecular formula is C37H32N2O3. The molecular weight excluding hydrogens is 520 g/mol. The maximum absolute atomic E-state index is 13.3. The number of aliphatic hydroxyl groups is 1. The number of piperidine rings is 1. The molecule has 208 valence electrons. The molecule has 0 unspecified atom stereocenters. The Kier molecular flexibility index (Phi) is 3.82. The second-order valence-electron chi connectivity index (χ2n) is 13.9. The minimum atomic E-state index is -0.979. The van der Waals surface area contributed by atoms with E-state index >= 15 is 0 Å². The van der Waals surface area contributed by atoms with Crippen LogP contribution in [0.4, 0.5) is 0 Å². The smallest absolute Gasteiger partial charge is 0.166 e. The zero-order chi connectivity index (χ0) is 27.7. The van der Waals surface area contributed by atoms with Crippen molar-refractivity contribution in [2.75, 3.05) is 13.1 Å². The molecule has 1 saturated carbocycles. The predicted octanol–water partition coefficient (Wildman–Crippen LogP) is 6.38. The molecule has 1 saturated heterocycles. The highest BCUT2D eigenvalue weighted by Gasteiger charge is 2.73. The third-order valence-corrected chi connectivity index (χ3v) is 12.2. The third kappa shape index (κ3) is 2.31. The maximum Gasteiger partial charge on any atom is 0.166 e. The van der Waals surface area contributed by atoms with E-state index in [4.69, 9.17) is 4.74 Å². The van der Waals surface area contributed by atoms with E-state index in [2.05, 4.69) is 71.1 Å². The van der Waals surface area contributed by atoms with E-state index in [0.29, 0.717) is 12.2 Å². The Balaban J connectivity index is 1.23. The highest BCUT2D eigenvalue weighted by Crippen LogP contribution is 2.69. The molecule has 5 heteroatoms. The number of hydrogen-bond acceptors (Lipinski definition) is 4. The average molecular weight is 553 g/mol. The Bertz CT molecular complexity index is 2090. The minimum Gasteiger partial charge on any atom is -0.504 e. The van der Waals surface area contributed by atoms with Crippen LogP contribution in [-0.4, -0.2) is 44.4 Å². The van der Waals surface area contributed by atoms with Gasteiger partial charge in [-0.1, -0.05) is 48.5 Å². The van der Waals surface area contributed by atoms with Crippen molar-refractivity contribution in [2.24, 2.45) is 13.0 Å². The summed E-state index contributed by atoms with van der Waals surface area (Å²) in [6.45, 7) is 2.04. The Labute approximate surface area is 243 Å². The number of aromatic hydroxyl groups is 1. The van der Waals surface area contributed by atoms with Crippen LogP contribution in [0.3, 0.4) is 0 Å². The summed E-state index contributed by atoms with van der Waals surface area (Å²) in [6, 6.07) is 21.8. The van der Waals surface area contributed by atoms with Crippen molar-refractivity contribution in [3.63, 3.8) is 0 Å². The molecule has 4 atom stereocenters. The van der Waals surface area contributed by atoms with Crippen LogP contribution >= 0.6 is 0 Å². The van der Waals surface area contributed by atoms with Gasteiger partial charge in [0, 0.05) is 42.4 Å². The number of aryl methyl sites for hydroxylation is 1. The first-order chi connectivity index (χ1) is 20.5. The van der Waals surface area contributed by atoms with Gasteiger partial charge < -0.3 is 19.5 Å².